The summed E-state index contributed by atoms with van der Waals surface area (Å²) in [6.45, 7) is 4.25. The van der Waals surface area contributed by atoms with Gasteiger partial charge in [0.2, 0.25) is 0 Å². The average Bonchev–Trinajstić information content (AvgIpc) is 2.78. The second kappa shape index (κ2) is 8.43. The van der Waals surface area contributed by atoms with Crippen molar-refractivity contribution >= 4 is 23.9 Å². The van der Waals surface area contributed by atoms with Crippen molar-refractivity contribution in [3.8, 4) is 0 Å². The zero-order valence-corrected chi connectivity index (χ0v) is 9.99. The molecule has 0 atom stereocenters. The number of cyclic esters (lactones) is 4. The number of carbonyl (C=O) groups is 4. The molecular formula is C11H16O6. The number of carbonyl (C=O) groups excluding carboxylic acids is 4. The third kappa shape index (κ3) is 8.12. The maximum atomic E-state index is 10.0. The van der Waals surface area contributed by atoms with Gasteiger partial charge in [-0.25, -0.2) is 0 Å². The fraction of sp³-hybridized carbons (Fsp3) is 0.636. The van der Waals surface area contributed by atoms with Gasteiger partial charge in [0.15, 0.2) is 0 Å². The Labute approximate surface area is 99.3 Å². The molecule has 0 bridgehead atoms. The molecule has 0 aromatic carbocycles. The second-order valence-electron chi connectivity index (χ2n) is 3.40. The van der Waals surface area contributed by atoms with Crippen LogP contribution in [-0.4, -0.2) is 23.9 Å². The van der Waals surface area contributed by atoms with Crippen molar-refractivity contribution in [2.75, 3.05) is 0 Å². The Kier molecular flexibility index (Phi) is 7.58. The first-order chi connectivity index (χ1) is 7.99. The molecule has 0 spiro atoms. The van der Waals surface area contributed by atoms with Crippen molar-refractivity contribution < 1.29 is 28.7 Å². The summed E-state index contributed by atoms with van der Waals surface area (Å²) in [6, 6.07) is 0. The van der Waals surface area contributed by atoms with Gasteiger partial charge in [-0.15, -0.1) is 0 Å². The average molecular weight is 244 g/mol. The monoisotopic (exact) mass is 244 g/mol. The Morgan fingerprint density at radius 3 is 0.941 bits per heavy atom. The second-order valence-corrected chi connectivity index (χ2v) is 3.40. The van der Waals surface area contributed by atoms with Crippen molar-refractivity contribution in [2.45, 2.75) is 46.0 Å². The Morgan fingerprint density at radius 2 is 0.882 bits per heavy atom. The van der Waals surface area contributed by atoms with Crippen LogP contribution in [0.5, 0.6) is 0 Å². The summed E-state index contributed by atoms with van der Waals surface area (Å²) >= 11 is 0. The predicted molar refractivity (Wildman–Crippen MR) is 56.6 cm³/mol. The Balaban J connectivity index is 0.000000247. The minimum Gasteiger partial charge on any atom is -0.393 e. The van der Waals surface area contributed by atoms with Gasteiger partial charge in [0, 0.05) is 0 Å². The smallest absolute Gasteiger partial charge is 0.314 e. The van der Waals surface area contributed by atoms with Crippen LogP contribution in [0.2, 0.25) is 0 Å². The third-order valence-electron chi connectivity index (χ3n) is 1.52. The van der Waals surface area contributed by atoms with Crippen molar-refractivity contribution in [2.24, 2.45) is 0 Å². The molecule has 0 N–H and O–H groups in total. The van der Waals surface area contributed by atoms with E-state index in [-0.39, 0.29) is 25.7 Å². The summed E-state index contributed by atoms with van der Waals surface area (Å²) in [5.74, 6) is -1.59. The number of ether oxygens (including phenoxy) is 2. The molecule has 0 amide bonds. The van der Waals surface area contributed by atoms with Gasteiger partial charge in [-0.3, -0.25) is 19.2 Å². The van der Waals surface area contributed by atoms with Crippen molar-refractivity contribution in [3.63, 3.8) is 0 Å². The van der Waals surface area contributed by atoms with Crippen LogP contribution in [0.4, 0.5) is 0 Å². The summed E-state index contributed by atoms with van der Waals surface area (Å²) in [5.41, 5.74) is 0. The molecule has 6 heteroatoms. The van der Waals surface area contributed by atoms with Gasteiger partial charge >= 0.3 is 23.9 Å². The summed E-state index contributed by atoms with van der Waals surface area (Å²) in [4.78, 5) is 40.0. The number of esters is 4. The minimum atomic E-state index is -0.398. The lowest BCUT2D eigenvalue weighted by Gasteiger charge is -1.79. The Morgan fingerprint density at radius 1 is 0.706 bits per heavy atom. The van der Waals surface area contributed by atoms with Crippen LogP contribution in [0, 0.1) is 0 Å². The molecule has 2 aliphatic rings. The van der Waals surface area contributed by atoms with E-state index in [0.717, 1.165) is 0 Å². The Bertz CT molecular complexity index is 249. The van der Waals surface area contributed by atoms with E-state index in [1.54, 1.807) is 0 Å². The van der Waals surface area contributed by atoms with Gasteiger partial charge in [-0.05, 0) is 0 Å². The van der Waals surface area contributed by atoms with E-state index in [1.807, 2.05) is 0 Å². The van der Waals surface area contributed by atoms with Gasteiger partial charge in [0.25, 0.3) is 0 Å². The van der Waals surface area contributed by atoms with Crippen molar-refractivity contribution in [1.82, 2.24) is 0 Å². The van der Waals surface area contributed by atoms with Gasteiger partial charge in [-0.2, -0.15) is 0 Å². The minimum absolute atomic E-state index is 0.263. The standard InChI is InChI=1S/2C4H4O3.C3H8/c2*5-3-1-2-4(6)7-3;1-3-2/h2*1-2H2;3H2,1-2H3. The quantitative estimate of drug-likeness (QED) is 0.468. The van der Waals surface area contributed by atoms with Crippen LogP contribution in [0.25, 0.3) is 0 Å². The summed E-state index contributed by atoms with van der Waals surface area (Å²) in [6.07, 6.45) is 2.30. The van der Waals surface area contributed by atoms with Gasteiger partial charge < -0.3 is 9.47 Å². The number of hydrogen-bond acceptors (Lipinski definition) is 6. The molecule has 0 radical (unpaired) electrons. The van der Waals surface area contributed by atoms with E-state index < -0.39 is 23.9 Å². The molecule has 2 heterocycles. The van der Waals surface area contributed by atoms with Gasteiger partial charge in [0.1, 0.15) is 0 Å². The lowest BCUT2D eigenvalue weighted by molar-refractivity contribution is -0.153. The van der Waals surface area contributed by atoms with E-state index in [0.29, 0.717) is 0 Å². The van der Waals surface area contributed by atoms with Crippen LogP contribution in [0.15, 0.2) is 0 Å². The molecule has 17 heavy (non-hydrogen) atoms. The highest BCUT2D eigenvalue weighted by Gasteiger charge is 2.19. The Hall–Kier alpha value is -1.72. The SMILES string of the molecule is CCC.O=C1CCC(=O)O1.O=C1CCC(=O)O1. The fourth-order valence-corrected chi connectivity index (χ4v) is 0.866. The molecule has 2 rings (SSSR count). The van der Waals surface area contributed by atoms with Crippen LogP contribution in [-0.2, 0) is 28.7 Å². The molecule has 0 saturated carbocycles. The first-order valence-electron chi connectivity index (χ1n) is 5.46. The highest BCUT2D eigenvalue weighted by atomic mass is 16.6. The lowest BCUT2D eigenvalue weighted by atomic mass is 10.4. The predicted octanol–water partition coefficient (Wildman–Crippen LogP) is 1.12. The molecule has 2 saturated heterocycles. The number of rotatable bonds is 0. The fourth-order valence-electron chi connectivity index (χ4n) is 0.866. The maximum absolute atomic E-state index is 10.0. The number of hydrogen-bond donors (Lipinski definition) is 0. The molecule has 0 aromatic heterocycles. The van der Waals surface area contributed by atoms with E-state index in [4.69, 9.17) is 0 Å². The topological polar surface area (TPSA) is 86.7 Å². The van der Waals surface area contributed by atoms with Crippen LogP contribution in [0.1, 0.15) is 46.0 Å². The first kappa shape index (κ1) is 15.3. The molecule has 0 aromatic rings. The van der Waals surface area contributed by atoms with Gasteiger partial charge in [-0.1, -0.05) is 20.3 Å². The van der Waals surface area contributed by atoms with Crippen molar-refractivity contribution in [1.29, 1.82) is 0 Å². The maximum Gasteiger partial charge on any atom is 0.314 e. The highest BCUT2D eigenvalue weighted by Crippen LogP contribution is 2.04. The van der Waals surface area contributed by atoms with Crippen molar-refractivity contribution in [3.05, 3.63) is 0 Å². The molecule has 0 aliphatic carbocycles. The summed E-state index contributed by atoms with van der Waals surface area (Å²) in [5, 5.41) is 0. The zero-order valence-electron chi connectivity index (χ0n) is 9.99. The first-order valence-corrected chi connectivity index (χ1v) is 5.46. The van der Waals surface area contributed by atoms with Crippen LogP contribution in [0.3, 0.4) is 0 Å². The summed E-state index contributed by atoms with van der Waals surface area (Å²) < 4.78 is 8.17. The van der Waals surface area contributed by atoms with Crippen LogP contribution >= 0.6 is 0 Å². The molecule has 2 aliphatic heterocycles. The van der Waals surface area contributed by atoms with E-state index in [9.17, 15) is 19.2 Å². The van der Waals surface area contributed by atoms with E-state index in [1.165, 1.54) is 6.42 Å². The van der Waals surface area contributed by atoms with E-state index in [2.05, 4.69) is 23.3 Å². The molecule has 6 nitrogen and oxygen atoms in total. The lowest BCUT2D eigenvalue weighted by Crippen LogP contribution is -1.95. The van der Waals surface area contributed by atoms with Gasteiger partial charge in [0.05, 0.1) is 25.7 Å². The third-order valence-corrected chi connectivity index (χ3v) is 1.52. The van der Waals surface area contributed by atoms with Crippen LogP contribution < -0.4 is 0 Å². The highest BCUT2D eigenvalue weighted by molar-refractivity contribution is 5.93. The van der Waals surface area contributed by atoms with E-state index >= 15 is 0 Å². The summed E-state index contributed by atoms with van der Waals surface area (Å²) in [7, 11) is 0. The normalized spacial score (nSPS) is 17.5. The molecule has 96 valence electrons. The largest absolute Gasteiger partial charge is 0.393 e. The molecule has 0 unspecified atom stereocenters. The molecular weight excluding hydrogens is 228 g/mol. The molecule has 2 fully saturated rings. The zero-order chi connectivity index (χ0) is 13.3.